The summed E-state index contributed by atoms with van der Waals surface area (Å²) < 4.78 is 1.84. The topological polar surface area (TPSA) is 46.9 Å². The summed E-state index contributed by atoms with van der Waals surface area (Å²) in [6, 6.07) is 12.2. The molecule has 0 bridgehead atoms. The Balaban J connectivity index is 1.84. The van der Waals surface area contributed by atoms with Gasteiger partial charge in [-0.25, -0.2) is 0 Å². The average molecular weight is 327 g/mol. The molecule has 2 aromatic heterocycles. The second-order valence-electron chi connectivity index (χ2n) is 5.76. The molecule has 23 heavy (non-hydrogen) atoms. The minimum Gasteiger partial charge on any atom is -0.345 e. The summed E-state index contributed by atoms with van der Waals surface area (Å²) in [6.45, 7) is 4.11. The van der Waals surface area contributed by atoms with Gasteiger partial charge in [-0.1, -0.05) is 43.7 Å². The number of thiophene rings is 1. The van der Waals surface area contributed by atoms with Crippen molar-refractivity contribution >= 4 is 27.5 Å². The van der Waals surface area contributed by atoms with Crippen molar-refractivity contribution in [2.45, 2.75) is 32.7 Å². The number of nitrogens with one attached hydrogen (secondary N) is 1. The number of rotatable bonds is 5. The van der Waals surface area contributed by atoms with Crippen molar-refractivity contribution in [1.29, 1.82) is 0 Å². The zero-order valence-electron chi connectivity index (χ0n) is 13.7. The number of aryl methyl sites for hydroxylation is 2. The molecule has 1 atom stereocenters. The Hall–Kier alpha value is -2.14. The first-order valence-corrected chi connectivity index (χ1v) is 8.70. The fourth-order valence-corrected chi connectivity index (χ4v) is 3.87. The standard InChI is InChI=1S/C18H21N3OS/c1-4-8-15(13-9-6-5-7-10-13)19-17(22)16-11-14-12(2)20-21(3)18(14)23-16/h5-7,9-11,15H,4,8H2,1-3H3,(H,19,22). The van der Waals surface area contributed by atoms with Gasteiger partial charge in [0.15, 0.2) is 0 Å². The van der Waals surface area contributed by atoms with E-state index >= 15 is 0 Å². The maximum absolute atomic E-state index is 12.7. The fraction of sp³-hybridized carbons (Fsp3) is 0.333. The molecule has 0 radical (unpaired) electrons. The lowest BCUT2D eigenvalue weighted by Gasteiger charge is -2.18. The summed E-state index contributed by atoms with van der Waals surface area (Å²) in [5.41, 5.74) is 2.12. The minimum absolute atomic E-state index is 0.00657. The molecule has 3 aromatic rings. The summed E-state index contributed by atoms with van der Waals surface area (Å²) in [6.07, 6.45) is 1.95. The third-order valence-corrected chi connectivity index (χ3v) is 5.21. The summed E-state index contributed by atoms with van der Waals surface area (Å²) in [7, 11) is 1.91. The average Bonchev–Trinajstić information content (AvgIpc) is 3.10. The molecule has 1 unspecified atom stereocenters. The lowest BCUT2D eigenvalue weighted by Crippen LogP contribution is -2.27. The van der Waals surface area contributed by atoms with Gasteiger partial charge in [0.05, 0.1) is 16.6 Å². The molecule has 0 saturated heterocycles. The molecular formula is C18H21N3OS. The summed E-state index contributed by atoms with van der Waals surface area (Å²) in [5.74, 6) is -0.00657. The van der Waals surface area contributed by atoms with Crippen molar-refractivity contribution in [3.05, 3.63) is 52.5 Å². The summed E-state index contributed by atoms with van der Waals surface area (Å²) in [5, 5.41) is 8.63. The number of nitrogens with zero attached hydrogens (tertiary/aromatic N) is 2. The SMILES string of the molecule is CCCC(NC(=O)c1cc2c(C)nn(C)c2s1)c1ccccc1. The number of amides is 1. The van der Waals surface area contributed by atoms with Gasteiger partial charge in [0.1, 0.15) is 4.83 Å². The van der Waals surface area contributed by atoms with E-state index in [0.29, 0.717) is 0 Å². The number of aromatic nitrogens is 2. The number of carbonyl (C=O) groups excluding carboxylic acids is 1. The molecule has 1 aromatic carbocycles. The van der Waals surface area contributed by atoms with Crippen LogP contribution in [0, 0.1) is 6.92 Å². The quantitative estimate of drug-likeness (QED) is 0.763. The van der Waals surface area contributed by atoms with Crippen LogP contribution in [0.1, 0.15) is 46.7 Å². The molecule has 3 rings (SSSR count). The van der Waals surface area contributed by atoms with E-state index in [4.69, 9.17) is 0 Å². The fourth-order valence-electron chi connectivity index (χ4n) is 2.84. The smallest absolute Gasteiger partial charge is 0.261 e. The predicted octanol–water partition coefficient (Wildman–Crippen LogP) is 4.21. The van der Waals surface area contributed by atoms with Gasteiger partial charge < -0.3 is 5.32 Å². The van der Waals surface area contributed by atoms with Crippen LogP contribution in [-0.2, 0) is 7.05 Å². The van der Waals surface area contributed by atoms with E-state index in [1.807, 2.05) is 42.9 Å². The van der Waals surface area contributed by atoms with Gasteiger partial charge in [-0.2, -0.15) is 5.10 Å². The Morgan fingerprint density at radius 3 is 2.74 bits per heavy atom. The lowest BCUT2D eigenvalue weighted by molar-refractivity contribution is 0.0938. The zero-order chi connectivity index (χ0) is 16.4. The van der Waals surface area contributed by atoms with Crippen molar-refractivity contribution in [1.82, 2.24) is 15.1 Å². The van der Waals surface area contributed by atoms with Crippen LogP contribution in [0.4, 0.5) is 0 Å². The molecule has 5 heteroatoms. The molecular weight excluding hydrogens is 306 g/mol. The first-order valence-electron chi connectivity index (χ1n) is 7.89. The first-order chi connectivity index (χ1) is 11.1. The second kappa shape index (κ2) is 6.54. The van der Waals surface area contributed by atoms with Crippen LogP contribution in [0.3, 0.4) is 0 Å². The highest BCUT2D eigenvalue weighted by Gasteiger charge is 2.18. The molecule has 0 aliphatic carbocycles. The zero-order valence-corrected chi connectivity index (χ0v) is 14.5. The summed E-state index contributed by atoms with van der Waals surface area (Å²) in [4.78, 5) is 14.4. The van der Waals surface area contributed by atoms with Crippen LogP contribution in [0.15, 0.2) is 36.4 Å². The van der Waals surface area contributed by atoms with Gasteiger partial charge in [0.25, 0.3) is 5.91 Å². The molecule has 0 aliphatic rings. The highest BCUT2D eigenvalue weighted by atomic mass is 32.1. The molecule has 0 fully saturated rings. The minimum atomic E-state index is -0.00657. The van der Waals surface area contributed by atoms with Gasteiger partial charge >= 0.3 is 0 Å². The third-order valence-electron chi connectivity index (χ3n) is 4.00. The van der Waals surface area contributed by atoms with Gasteiger partial charge in [0.2, 0.25) is 0 Å². The monoisotopic (exact) mass is 327 g/mol. The maximum atomic E-state index is 12.7. The van der Waals surface area contributed by atoms with Crippen LogP contribution < -0.4 is 5.32 Å². The van der Waals surface area contributed by atoms with Crippen LogP contribution in [0.25, 0.3) is 10.2 Å². The van der Waals surface area contributed by atoms with E-state index in [9.17, 15) is 4.79 Å². The van der Waals surface area contributed by atoms with Gasteiger partial charge in [0, 0.05) is 12.4 Å². The van der Waals surface area contributed by atoms with Crippen molar-refractivity contribution < 1.29 is 4.79 Å². The molecule has 1 amide bonds. The van der Waals surface area contributed by atoms with E-state index in [2.05, 4.69) is 29.5 Å². The lowest BCUT2D eigenvalue weighted by atomic mass is 10.0. The largest absolute Gasteiger partial charge is 0.345 e. The van der Waals surface area contributed by atoms with Crippen LogP contribution in [-0.4, -0.2) is 15.7 Å². The van der Waals surface area contributed by atoms with Gasteiger partial charge in [-0.15, -0.1) is 11.3 Å². The van der Waals surface area contributed by atoms with E-state index < -0.39 is 0 Å². The van der Waals surface area contributed by atoms with Crippen molar-refractivity contribution in [3.8, 4) is 0 Å². The normalized spacial score (nSPS) is 12.5. The maximum Gasteiger partial charge on any atom is 0.261 e. The molecule has 2 heterocycles. The van der Waals surface area contributed by atoms with Crippen LogP contribution >= 0.6 is 11.3 Å². The summed E-state index contributed by atoms with van der Waals surface area (Å²) >= 11 is 1.50. The van der Waals surface area contributed by atoms with Crippen molar-refractivity contribution in [2.24, 2.45) is 7.05 Å². The highest BCUT2D eigenvalue weighted by molar-refractivity contribution is 7.20. The van der Waals surface area contributed by atoms with E-state index in [1.165, 1.54) is 11.3 Å². The Morgan fingerprint density at radius 1 is 1.35 bits per heavy atom. The molecule has 0 aliphatic heterocycles. The molecule has 0 spiro atoms. The Kier molecular flexibility index (Phi) is 4.48. The Bertz CT molecular complexity index is 785. The molecule has 120 valence electrons. The van der Waals surface area contributed by atoms with Gasteiger partial charge in [-0.3, -0.25) is 9.48 Å². The van der Waals surface area contributed by atoms with E-state index in [-0.39, 0.29) is 11.9 Å². The van der Waals surface area contributed by atoms with E-state index in [1.54, 1.807) is 0 Å². The third kappa shape index (κ3) is 3.15. The van der Waals surface area contributed by atoms with Crippen molar-refractivity contribution in [2.75, 3.05) is 0 Å². The Morgan fingerprint density at radius 2 is 2.09 bits per heavy atom. The van der Waals surface area contributed by atoms with Crippen LogP contribution in [0.2, 0.25) is 0 Å². The number of carbonyl (C=O) groups is 1. The van der Waals surface area contributed by atoms with Crippen LogP contribution in [0.5, 0.6) is 0 Å². The first kappa shape index (κ1) is 15.7. The molecule has 4 nitrogen and oxygen atoms in total. The number of benzene rings is 1. The molecule has 0 saturated carbocycles. The predicted molar refractivity (Wildman–Crippen MR) is 94.9 cm³/mol. The molecule has 1 N–H and O–H groups in total. The number of hydrogen-bond acceptors (Lipinski definition) is 3. The number of fused-ring (bicyclic) bond motifs is 1. The number of hydrogen-bond donors (Lipinski definition) is 1. The van der Waals surface area contributed by atoms with Gasteiger partial charge in [-0.05, 0) is 25.0 Å². The second-order valence-corrected chi connectivity index (χ2v) is 6.79. The van der Waals surface area contributed by atoms with E-state index in [0.717, 1.165) is 39.2 Å². The van der Waals surface area contributed by atoms with Crippen molar-refractivity contribution in [3.63, 3.8) is 0 Å². The Labute approximate surface area is 140 Å². The highest BCUT2D eigenvalue weighted by Crippen LogP contribution is 2.28.